The van der Waals surface area contributed by atoms with Gasteiger partial charge in [0.15, 0.2) is 11.5 Å². The van der Waals surface area contributed by atoms with Crippen LogP contribution in [-0.2, 0) is 0 Å². The third-order valence-corrected chi connectivity index (χ3v) is 4.50. The van der Waals surface area contributed by atoms with E-state index < -0.39 is 0 Å². The number of methoxy groups -OCH3 is 1. The molecule has 1 aliphatic rings. The van der Waals surface area contributed by atoms with Gasteiger partial charge in [0, 0.05) is 32.2 Å². The second kappa shape index (κ2) is 7.82. The van der Waals surface area contributed by atoms with E-state index in [9.17, 15) is 5.11 Å². The Kier molecular flexibility index (Phi) is 6.08. The molecule has 116 valence electrons. The molecule has 1 atom stereocenters. The summed E-state index contributed by atoms with van der Waals surface area (Å²) in [5, 5.41) is 13.4. The first-order chi connectivity index (χ1) is 10.2. The molecule has 0 saturated carbocycles. The molecule has 0 aromatic heterocycles. The van der Waals surface area contributed by atoms with Crippen molar-refractivity contribution in [1.82, 2.24) is 10.2 Å². The predicted octanol–water partition coefficient (Wildman–Crippen LogP) is 3.08. The Morgan fingerprint density at radius 1 is 1.48 bits per heavy atom. The SMILES string of the molecule is C=CCC[C@@H](c1cc(Br)c(O)c(OC)c1)N1CCNCC1. The van der Waals surface area contributed by atoms with Gasteiger partial charge in [0.2, 0.25) is 0 Å². The van der Waals surface area contributed by atoms with E-state index in [0.717, 1.165) is 39.0 Å². The van der Waals surface area contributed by atoms with Crippen LogP contribution in [-0.4, -0.2) is 43.3 Å². The number of allylic oxidation sites excluding steroid dienone is 1. The van der Waals surface area contributed by atoms with Crippen LogP contribution in [0.2, 0.25) is 0 Å². The molecule has 1 aliphatic heterocycles. The lowest BCUT2D eigenvalue weighted by molar-refractivity contribution is 0.166. The monoisotopic (exact) mass is 354 g/mol. The lowest BCUT2D eigenvalue weighted by Gasteiger charge is -2.35. The van der Waals surface area contributed by atoms with Crippen LogP contribution >= 0.6 is 15.9 Å². The highest BCUT2D eigenvalue weighted by Crippen LogP contribution is 2.39. The molecule has 21 heavy (non-hydrogen) atoms. The van der Waals surface area contributed by atoms with Gasteiger partial charge < -0.3 is 15.2 Å². The Morgan fingerprint density at radius 2 is 2.19 bits per heavy atom. The summed E-state index contributed by atoms with van der Waals surface area (Å²) in [6, 6.07) is 4.25. The smallest absolute Gasteiger partial charge is 0.172 e. The molecule has 0 amide bonds. The van der Waals surface area contributed by atoms with E-state index in [-0.39, 0.29) is 5.75 Å². The summed E-state index contributed by atoms with van der Waals surface area (Å²) in [6.45, 7) is 7.92. The predicted molar refractivity (Wildman–Crippen MR) is 89.0 cm³/mol. The molecule has 1 saturated heterocycles. The fourth-order valence-corrected chi connectivity index (χ4v) is 3.23. The van der Waals surface area contributed by atoms with Gasteiger partial charge in [0.25, 0.3) is 0 Å². The molecule has 1 aromatic rings. The summed E-state index contributed by atoms with van der Waals surface area (Å²) in [5.41, 5.74) is 1.17. The van der Waals surface area contributed by atoms with Gasteiger partial charge in [-0.3, -0.25) is 4.90 Å². The van der Waals surface area contributed by atoms with Gasteiger partial charge in [-0.2, -0.15) is 0 Å². The molecule has 1 heterocycles. The van der Waals surface area contributed by atoms with Crippen molar-refractivity contribution in [2.24, 2.45) is 0 Å². The standard InChI is InChI=1S/C16H23BrN2O2/c1-3-4-5-14(19-8-6-18-7-9-19)12-10-13(17)16(20)15(11-12)21-2/h3,10-11,14,18,20H,1,4-9H2,2H3/t14-/m0/s1. The van der Waals surface area contributed by atoms with Crippen LogP contribution in [0, 0.1) is 0 Å². The number of hydrogen-bond donors (Lipinski definition) is 2. The van der Waals surface area contributed by atoms with E-state index in [2.05, 4.69) is 32.7 Å². The van der Waals surface area contributed by atoms with Crippen LogP contribution in [0.15, 0.2) is 29.3 Å². The van der Waals surface area contributed by atoms with Crippen molar-refractivity contribution in [3.63, 3.8) is 0 Å². The molecule has 0 aliphatic carbocycles. The first kappa shape index (κ1) is 16.3. The van der Waals surface area contributed by atoms with E-state index >= 15 is 0 Å². The number of piperazine rings is 1. The Labute approximate surface area is 134 Å². The number of benzene rings is 1. The zero-order valence-electron chi connectivity index (χ0n) is 12.4. The summed E-state index contributed by atoms with van der Waals surface area (Å²) in [7, 11) is 1.58. The number of phenols is 1. The highest BCUT2D eigenvalue weighted by atomic mass is 79.9. The van der Waals surface area contributed by atoms with Crippen LogP contribution < -0.4 is 10.1 Å². The molecule has 1 fully saturated rings. The molecule has 0 spiro atoms. The van der Waals surface area contributed by atoms with Crippen LogP contribution in [0.3, 0.4) is 0 Å². The largest absolute Gasteiger partial charge is 0.503 e. The molecule has 2 N–H and O–H groups in total. The van der Waals surface area contributed by atoms with Crippen molar-refractivity contribution in [3.8, 4) is 11.5 Å². The topological polar surface area (TPSA) is 44.7 Å². The second-order valence-corrected chi connectivity index (χ2v) is 6.08. The normalized spacial score (nSPS) is 17.4. The number of ether oxygens (including phenoxy) is 1. The zero-order chi connectivity index (χ0) is 15.2. The lowest BCUT2D eigenvalue weighted by atomic mass is 9.99. The van der Waals surface area contributed by atoms with Crippen molar-refractivity contribution >= 4 is 15.9 Å². The average Bonchev–Trinajstić information content (AvgIpc) is 2.52. The molecular weight excluding hydrogens is 332 g/mol. The van der Waals surface area contributed by atoms with Gasteiger partial charge in [-0.05, 0) is 46.5 Å². The van der Waals surface area contributed by atoms with Crippen molar-refractivity contribution in [2.75, 3.05) is 33.3 Å². The van der Waals surface area contributed by atoms with Gasteiger partial charge in [0.05, 0.1) is 11.6 Å². The number of hydrogen-bond acceptors (Lipinski definition) is 4. The Bertz CT molecular complexity index is 487. The molecule has 0 bridgehead atoms. The van der Waals surface area contributed by atoms with E-state index in [0.29, 0.717) is 16.3 Å². The minimum absolute atomic E-state index is 0.157. The summed E-state index contributed by atoms with van der Waals surface area (Å²) >= 11 is 3.42. The maximum atomic E-state index is 9.98. The highest BCUT2D eigenvalue weighted by molar-refractivity contribution is 9.10. The maximum Gasteiger partial charge on any atom is 0.172 e. The Hall–Kier alpha value is -1.04. The third kappa shape index (κ3) is 3.99. The molecule has 1 aromatic carbocycles. The minimum Gasteiger partial charge on any atom is -0.503 e. The number of phenolic OH excluding ortho intramolecular Hbond substituents is 1. The number of aromatic hydroxyl groups is 1. The van der Waals surface area contributed by atoms with Crippen LogP contribution in [0.1, 0.15) is 24.4 Å². The van der Waals surface area contributed by atoms with Gasteiger partial charge in [-0.1, -0.05) is 6.08 Å². The summed E-state index contributed by atoms with van der Waals surface area (Å²) in [4.78, 5) is 2.48. The van der Waals surface area contributed by atoms with Crippen molar-refractivity contribution in [3.05, 3.63) is 34.8 Å². The van der Waals surface area contributed by atoms with Gasteiger partial charge in [0.1, 0.15) is 0 Å². The molecule has 5 heteroatoms. The molecule has 2 rings (SSSR count). The fraction of sp³-hybridized carbons (Fsp3) is 0.500. The Balaban J connectivity index is 2.30. The van der Waals surface area contributed by atoms with E-state index in [4.69, 9.17) is 4.74 Å². The Morgan fingerprint density at radius 3 is 2.81 bits per heavy atom. The molecule has 0 unspecified atom stereocenters. The van der Waals surface area contributed by atoms with Gasteiger partial charge in [-0.15, -0.1) is 6.58 Å². The van der Waals surface area contributed by atoms with E-state index in [1.165, 1.54) is 5.56 Å². The molecule has 4 nitrogen and oxygen atoms in total. The van der Waals surface area contributed by atoms with Crippen LogP contribution in [0.25, 0.3) is 0 Å². The summed E-state index contributed by atoms with van der Waals surface area (Å²) in [6.07, 6.45) is 3.95. The molecular formula is C16H23BrN2O2. The van der Waals surface area contributed by atoms with Crippen LogP contribution in [0.4, 0.5) is 0 Å². The van der Waals surface area contributed by atoms with Crippen molar-refractivity contribution in [2.45, 2.75) is 18.9 Å². The zero-order valence-corrected chi connectivity index (χ0v) is 14.0. The number of nitrogens with one attached hydrogen (secondary N) is 1. The van der Waals surface area contributed by atoms with E-state index in [1.54, 1.807) is 7.11 Å². The summed E-state index contributed by atoms with van der Waals surface area (Å²) < 4.78 is 5.95. The van der Waals surface area contributed by atoms with Crippen molar-refractivity contribution in [1.29, 1.82) is 0 Å². The van der Waals surface area contributed by atoms with Gasteiger partial charge >= 0.3 is 0 Å². The lowest BCUT2D eigenvalue weighted by Crippen LogP contribution is -2.45. The molecule has 0 radical (unpaired) electrons. The van der Waals surface area contributed by atoms with E-state index in [1.807, 2.05) is 18.2 Å². The van der Waals surface area contributed by atoms with Crippen LogP contribution in [0.5, 0.6) is 11.5 Å². The number of halogens is 1. The van der Waals surface area contributed by atoms with Gasteiger partial charge in [-0.25, -0.2) is 0 Å². The quantitative estimate of drug-likeness (QED) is 0.770. The highest BCUT2D eigenvalue weighted by Gasteiger charge is 2.23. The third-order valence-electron chi connectivity index (χ3n) is 3.89. The minimum atomic E-state index is 0.157. The first-order valence-corrected chi connectivity index (χ1v) is 8.08. The fourth-order valence-electron chi connectivity index (χ4n) is 2.77. The number of nitrogens with zero attached hydrogens (tertiary/aromatic N) is 1. The maximum absolute atomic E-state index is 9.98. The first-order valence-electron chi connectivity index (χ1n) is 7.29. The number of rotatable bonds is 6. The average molecular weight is 355 g/mol. The second-order valence-electron chi connectivity index (χ2n) is 5.22. The van der Waals surface area contributed by atoms with Crippen molar-refractivity contribution < 1.29 is 9.84 Å². The summed E-state index contributed by atoms with van der Waals surface area (Å²) in [5.74, 6) is 0.669.